The van der Waals surface area contributed by atoms with E-state index in [2.05, 4.69) is 15.9 Å². The zero-order chi connectivity index (χ0) is 14.0. The molecule has 2 aromatic rings. The number of carbonyl (C=O) groups excluding carboxylic acids is 1. The molecule has 0 aliphatic heterocycles. The highest BCUT2D eigenvalue weighted by atomic mass is 79.9. The first-order valence-electron chi connectivity index (χ1n) is 5.79. The zero-order valence-electron chi connectivity index (χ0n) is 10.7. The molecule has 0 aliphatic carbocycles. The van der Waals surface area contributed by atoms with E-state index in [0.717, 1.165) is 10.0 Å². The SMILES string of the molecule is CN(Cc1ccc(F)cc1)C(=O)c1cc(Br)cn1C. The number of carbonyl (C=O) groups is 1. The number of rotatable bonds is 3. The van der Waals surface area contributed by atoms with E-state index in [4.69, 9.17) is 0 Å². The van der Waals surface area contributed by atoms with Crippen molar-refractivity contribution in [2.45, 2.75) is 6.54 Å². The highest BCUT2D eigenvalue weighted by Crippen LogP contribution is 2.16. The molecule has 0 fully saturated rings. The van der Waals surface area contributed by atoms with Crippen LogP contribution in [-0.4, -0.2) is 22.4 Å². The van der Waals surface area contributed by atoms with Crippen molar-refractivity contribution in [1.29, 1.82) is 0 Å². The summed E-state index contributed by atoms with van der Waals surface area (Å²) in [6.07, 6.45) is 1.83. The average molecular weight is 325 g/mol. The number of aromatic nitrogens is 1. The Morgan fingerprint density at radius 3 is 2.53 bits per heavy atom. The van der Waals surface area contributed by atoms with Crippen LogP contribution >= 0.6 is 15.9 Å². The lowest BCUT2D eigenvalue weighted by molar-refractivity contribution is 0.0775. The number of nitrogens with zero attached hydrogens (tertiary/aromatic N) is 2. The Bertz CT molecular complexity index is 592. The van der Waals surface area contributed by atoms with Gasteiger partial charge < -0.3 is 9.47 Å². The van der Waals surface area contributed by atoms with Crippen molar-refractivity contribution in [2.24, 2.45) is 7.05 Å². The normalized spacial score (nSPS) is 10.5. The van der Waals surface area contributed by atoms with Crippen molar-refractivity contribution in [2.75, 3.05) is 7.05 Å². The van der Waals surface area contributed by atoms with Gasteiger partial charge >= 0.3 is 0 Å². The van der Waals surface area contributed by atoms with Gasteiger partial charge in [0.05, 0.1) is 0 Å². The summed E-state index contributed by atoms with van der Waals surface area (Å²) >= 11 is 3.34. The van der Waals surface area contributed by atoms with E-state index >= 15 is 0 Å². The molecule has 1 aromatic carbocycles. The minimum atomic E-state index is -0.274. The van der Waals surface area contributed by atoms with Gasteiger partial charge in [-0.15, -0.1) is 0 Å². The summed E-state index contributed by atoms with van der Waals surface area (Å²) in [7, 11) is 3.55. The van der Waals surface area contributed by atoms with E-state index in [1.807, 2.05) is 13.2 Å². The van der Waals surface area contributed by atoms with Crippen molar-refractivity contribution in [1.82, 2.24) is 9.47 Å². The van der Waals surface area contributed by atoms with Gasteiger partial charge in [-0.3, -0.25) is 4.79 Å². The smallest absolute Gasteiger partial charge is 0.270 e. The fourth-order valence-corrected chi connectivity index (χ4v) is 2.39. The maximum absolute atomic E-state index is 12.8. The molecule has 5 heteroatoms. The van der Waals surface area contributed by atoms with Gasteiger partial charge in [0, 0.05) is 31.3 Å². The van der Waals surface area contributed by atoms with Gasteiger partial charge in [-0.2, -0.15) is 0 Å². The van der Waals surface area contributed by atoms with Crippen molar-refractivity contribution in [3.63, 3.8) is 0 Å². The highest BCUT2D eigenvalue weighted by molar-refractivity contribution is 9.10. The molecule has 0 saturated heterocycles. The van der Waals surface area contributed by atoms with Gasteiger partial charge in [-0.25, -0.2) is 4.39 Å². The predicted octanol–water partition coefficient (Wildman–Crippen LogP) is 3.20. The summed E-state index contributed by atoms with van der Waals surface area (Å²) in [6, 6.07) is 7.93. The van der Waals surface area contributed by atoms with Crippen LogP contribution in [-0.2, 0) is 13.6 Å². The molecular formula is C14H14BrFN2O. The lowest BCUT2D eigenvalue weighted by Gasteiger charge is -2.17. The Morgan fingerprint density at radius 2 is 2.00 bits per heavy atom. The molecule has 2 rings (SSSR count). The molecule has 1 aromatic heterocycles. The van der Waals surface area contributed by atoms with Crippen LogP contribution in [0.1, 0.15) is 16.1 Å². The molecule has 0 bridgehead atoms. The average Bonchev–Trinajstić information content (AvgIpc) is 2.70. The summed E-state index contributed by atoms with van der Waals surface area (Å²) in [4.78, 5) is 13.9. The summed E-state index contributed by atoms with van der Waals surface area (Å²) in [6.45, 7) is 0.446. The lowest BCUT2D eigenvalue weighted by atomic mass is 10.2. The molecule has 1 amide bonds. The number of hydrogen-bond acceptors (Lipinski definition) is 1. The molecule has 0 radical (unpaired) electrons. The van der Waals surface area contributed by atoms with Gasteiger partial charge in [0.15, 0.2) is 0 Å². The molecule has 0 atom stereocenters. The number of amides is 1. The third-order valence-corrected chi connectivity index (χ3v) is 3.30. The lowest BCUT2D eigenvalue weighted by Crippen LogP contribution is -2.27. The second-order valence-electron chi connectivity index (χ2n) is 4.44. The van der Waals surface area contributed by atoms with E-state index in [1.54, 1.807) is 34.7 Å². The van der Waals surface area contributed by atoms with E-state index in [9.17, 15) is 9.18 Å². The molecule has 0 N–H and O–H groups in total. The minimum absolute atomic E-state index is 0.0717. The molecule has 19 heavy (non-hydrogen) atoms. The van der Waals surface area contributed by atoms with Crippen LogP contribution in [0.3, 0.4) is 0 Å². The Labute approximate surface area is 119 Å². The molecule has 0 saturated carbocycles. The predicted molar refractivity (Wildman–Crippen MR) is 75.3 cm³/mol. The van der Waals surface area contributed by atoms with Crippen LogP contribution in [0, 0.1) is 5.82 Å². The Balaban J connectivity index is 2.11. The van der Waals surface area contributed by atoms with Crippen LogP contribution in [0.4, 0.5) is 4.39 Å². The second kappa shape index (κ2) is 5.57. The number of aryl methyl sites for hydroxylation is 1. The Morgan fingerprint density at radius 1 is 1.37 bits per heavy atom. The van der Waals surface area contributed by atoms with Crippen LogP contribution in [0.2, 0.25) is 0 Å². The third-order valence-electron chi connectivity index (χ3n) is 2.87. The van der Waals surface area contributed by atoms with Gasteiger partial charge in [0.2, 0.25) is 0 Å². The number of benzene rings is 1. The molecule has 0 spiro atoms. The zero-order valence-corrected chi connectivity index (χ0v) is 12.3. The van der Waals surface area contributed by atoms with Crippen molar-refractivity contribution >= 4 is 21.8 Å². The molecule has 0 aliphatic rings. The topological polar surface area (TPSA) is 25.2 Å². The van der Waals surface area contributed by atoms with Crippen molar-refractivity contribution in [3.8, 4) is 0 Å². The Hall–Kier alpha value is -1.62. The van der Waals surface area contributed by atoms with Gasteiger partial charge in [-0.1, -0.05) is 12.1 Å². The monoisotopic (exact) mass is 324 g/mol. The van der Waals surface area contributed by atoms with Crippen LogP contribution < -0.4 is 0 Å². The summed E-state index contributed by atoms with van der Waals surface area (Å²) in [5, 5.41) is 0. The third kappa shape index (κ3) is 3.23. The highest BCUT2D eigenvalue weighted by Gasteiger charge is 2.15. The fourth-order valence-electron chi connectivity index (χ4n) is 1.87. The summed E-state index contributed by atoms with van der Waals surface area (Å²) in [5.74, 6) is -0.346. The largest absolute Gasteiger partial charge is 0.345 e. The van der Waals surface area contributed by atoms with Crippen molar-refractivity contribution < 1.29 is 9.18 Å². The van der Waals surface area contributed by atoms with Crippen molar-refractivity contribution in [3.05, 3.63) is 58.1 Å². The first-order chi connectivity index (χ1) is 8.97. The second-order valence-corrected chi connectivity index (χ2v) is 5.36. The van der Waals surface area contributed by atoms with E-state index in [0.29, 0.717) is 12.2 Å². The molecule has 1 heterocycles. The number of hydrogen-bond donors (Lipinski definition) is 0. The fraction of sp³-hybridized carbons (Fsp3) is 0.214. The van der Waals surface area contributed by atoms with E-state index in [-0.39, 0.29) is 11.7 Å². The summed E-state index contributed by atoms with van der Waals surface area (Å²) in [5.41, 5.74) is 1.50. The first kappa shape index (κ1) is 13.8. The quantitative estimate of drug-likeness (QED) is 0.851. The molecular weight excluding hydrogens is 311 g/mol. The molecule has 0 unspecified atom stereocenters. The van der Waals surface area contributed by atoms with Crippen LogP contribution in [0.25, 0.3) is 0 Å². The summed E-state index contributed by atoms with van der Waals surface area (Å²) < 4.78 is 15.5. The maximum Gasteiger partial charge on any atom is 0.270 e. The molecule has 100 valence electrons. The molecule has 3 nitrogen and oxygen atoms in total. The van der Waals surface area contributed by atoms with Gasteiger partial charge in [-0.05, 0) is 39.7 Å². The minimum Gasteiger partial charge on any atom is -0.345 e. The Kier molecular flexibility index (Phi) is 4.04. The van der Waals surface area contributed by atoms with Crippen LogP contribution in [0.5, 0.6) is 0 Å². The van der Waals surface area contributed by atoms with E-state index in [1.165, 1.54) is 12.1 Å². The number of halogens is 2. The maximum atomic E-state index is 12.8. The van der Waals surface area contributed by atoms with Gasteiger partial charge in [0.25, 0.3) is 5.91 Å². The van der Waals surface area contributed by atoms with Gasteiger partial charge in [0.1, 0.15) is 11.5 Å². The van der Waals surface area contributed by atoms with E-state index < -0.39 is 0 Å². The van der Waals surface area contributed by atoms with Crippen LogP contribution in [0.15, 0.2) is 41.0 Å². The standard InChI is InChI=1S/C14H14BrFN2O/c1-17-9-11(15)7-13(17)14(19)18(2)8-10-3-5-12(16)6-4-10/h3-7,9H,8H2,1-2H3. The first-order valence-corrected chi connectivity index (χ1v) is 6.58.